The second kappa shape index (κ2) is 7.36. The van der Waals surface area contributed by atoms with Crippen LogP contribution in [0.15, 0.2) is 48.5 Å². The smallest absolute Gasteiger partial charge is 0.417 e. The lowest BCUT2D eigenvalue weighted by Crippen LogP contribution is -2.34. The molecule has 0 unspecified atom stereocenters. The highest BCUT2D eigenvalue weighted by Gasteiger charge is 2.22. The van der Waals surface area contributed by atoms with Gasteiger partial charge in [0.05, 0.1) is 6.54 Å². The molecule has 0 fully saturated rings. The van der Waals surface area contributed by atoms with Crippen LogP contribution in [0.5, 0.6) is 0 Å². The maximum absolute atomic E-state index is 11.1. The maximum Gasteiger partial charge on any atom is 0.417 e. The molecule has 0 saturated carbocycles. The topological polar surface area (TPSA) is 107 Å². The molecule has 7 heteroatoms. The molecule has 126 valence electrons. The summed E-state index contributed by atoms with van der Waals surface area (Å²) in [4.78, 5) is 24.5. The van der Waals surface area contributed by atoms with E-state index in [9.17, 15) is 9.59 Å². The lowest BCUT2D eigenvalue weighted by Gasteiger charge is -2.24. The van der Waals surface area contributed by atoms with Gasteiger partial charge in [0.25, 0.3) is 0 Å². The average Bonchev–Trinajstić information content (AvgIpc) is 2.53. The van der Waals surface area contributed by atoms with Crippen molar-refractivity contribution in [3.8, 4) is 0 Å². The van der Waals surface area contributed by atoms with E-state index in [1.165, 1.54) is 0 Å². The Morgan fingerprint density at radius 3 is 2.21 bits per heavy atom. The number of rotatable bonds is 5. The Labute approximate surface area is 139 Å². The van der Waals surface area contributed by atoms with Crippen LogP contribution in [0.1, 0.15) is 11.1 Å². The zero-order valence-corrected chi connectivity index (χ0v) is 13.2. The number of carboxylic acid groups (broad SMARTS) is 2. The molecule has 0 aliphatic carbocycles. The number of hydrogen-bond acceptors (Lipinski definition) is 4. The number of nitrogens with zero attached hydrogens (tertiary/aromatic N) is 2. The Morgan fingerprint density at radius 1 is 1.00 bits per heavy atom. The van der Waals surface area contributed by atoms with Gasteiger partial charge in [0.1, 0.15) is 0 Å². The fourth-order valence-corrected chi connectivity index (χ4v) is 2.43. The van der Waals surface area contributed by atoms with Gasteiger partial charge in [-0.05, 0) is 29.3 Å². The molecular weight excluding hydrogens is 310 g/mol. The Balaban J connectivity index is 2.29. The van der Waals surface area contributed by atoms with Crippen molar-refractivity contribution in [2.75, 3.05) is 17.7 Å². The van der Waals surface area contributed by atoms with Gasteiger partial charge in [-0.25, -0.2) is 14.5 Å². The van der Waals surface area contributed by atoms with E-state index in [1.807, 2.05) is 42.3 Å². The third-order valence-corrected chi connectivity index (χ3v) is 3.57. The first kappa shape index (κ1) is 17.1. The van der Waals surface area contributed by atoms with Crippen LogP contribution in [0.4, 0.5) is 21.0 Å². The van der Waals surface area contributed by atoms with Crippen molar-refractivity contribution >= 4 is 23.6 Å². The molecule has 0 atom stereocenters. The van der Waals surface area contributed by atoms with Gasteiger partial charge in [0.2, 0.25) is 0 Å². The van der Waals surface area contributed by atoms with Gasteiger partial charge in [0, 0.05) is 25.0 Å². The summed E-state index contributed by atoms with van der Waals surface area (Å²) < 4.78 is 0. The van der Waals surface area contributed by atoms with Gasteiger partial charge in [-0.1, -0.05) is 30.3 Å². The SMILES string of the molecule is CN(Cc1ccccc1)c1ccc(N)cc1CN(C(=O)O)C(=O)O. The summed E-state index contributed by atoms with van der Waals surface area (Å²) in [5.74, 6) is 0. The zero-order valence-electron chi connectivity index (χ0n) is 13.2. The van der Waals surface area contributed by atoms with Crippen LogP contribution >= 0.6 is 0 Å². The van der Waals surface area contributed by atoms with Gasteiger partial charge in [-0.2, -0.15) is 0 Å². The van der Waals surface area contributed by atoms with Crippen LogP contribution in [0, 0.1) is 0 Å². The highest BCUT2D eigenvalue weighted by molar-refractivity contribution is 5.85. The van der Waals surface area contributed by atoms with Crippen molar-refractivity contribution in [2.45, 2.75) is 13.1 Å². The standard InChI is InChI=1S/C17H19N3O4/c1-19(10-12-5-3-2-4-6-12)15-8-7-14(18)9-13(15)11-20(16(21)22)17(23)24/h2-9H,10-11,18H2,1H3,(H,21,22)(H,23,24). The highest BCUT2D eigenvalue weighted by Crippen LogP contribution is 2.25. The molecule has 0 aromatic heterocycles. The van der Waals surface area contributed by atoms with E-state index in [4.69, 9.17) is 15.9 Å². The van der Waals surface area contributed by atoms with Gasteiger partial charge < -0.3 is 20.8 Å². The van der Waals surface area contributed by atoms with Crippen molar-refractivity contribution in [1.29, 1.82) is 0 Å². The van der Waals surface area contributed by atoms with Crippen molar-refractivity contribution in [3.05, 3.63) is 59.7 Å². The van der Waals surface area contributed by atoms with E-state index >= 15 is 0 Å². The van der Waals surface area contributed by atoms with Crippen molar-refractivity contribution < 1.29 is 19.8 Å². The molecule has 7 nitrogen and oxygen atoms in total. The molecule has 0 aliphatic heterocycles. The molecule has 0 radical (unpaired) electrons. The lowest BCUT2D eigenvalue weighted by atomic mass is 10.1. The third kappa shape index (κ3) is 4.16. The summed E-state index contributed by atoms with van der Waals surface area (Å²) in [7, 11) is 1.86. The predicted molar refractivity (Wildman–Crippen MR) is 91.0 cm³/mol. The van der Waals surface area contributed by atoms with E-state index < -0.39 is 12.2 Å². The van der Waals surface area contributed by atoms with E-state index in [-0.39, 0.29) is 6.54 Å². The molecule has 0 bridgehead atoms. The molecular formula is C17H19N3O4. The van der Waals surface area contributed by atoms with E-state index in [2.05, 4.69) is 0 Å². The summed E-state index contributed by atoms with van der Waals surface area (Å²) in [6, 6.07) is 14.8. The molecule has 0 saturated heterocycles. The minimum atomic E-state index is -1.53. The molecule has 0 heterocycles. The predicted octanol–water partition coefficient (Wildman–Crippen LogP) is 3.06. The number of nitrogen functional groups attached to an aromatic ring is 1. The van der Waals surface area contributed by atoms with Crippen molar-refractivity contribution in [2.24, 2.45) is 0 Å². The molecule has 2 rings (SSSR count). The normalized spacial score (nSPS) is 10.2. The summed E-state index contributed by atoms with van der Waals surface area (Å²) >= 11 is 0. The van der Waals surface area contributed by atoms with E-state index in [0.29, 0.717) is 22.7 Å². The minimum absolute atomic E-state index is 0.288. The molecule has 2 aromatic carbocycles. The second-order valence-electron chi connectivity index (χ2n) is 5.38. The summed E-state index contributed by atoms with van der Waals surface area (Å²) in [5, 5.41) is 18.1. The van der Waals surface area contributed by atoms with E-state index in [0.717, 1.165) is 11.3 Å². The summed E-state index contributed by atoms with van der Waals surface area (Å²) in [5.41, 5.74) is 8.55. The Morgan fingerprint density at radius 2 is 1.62 bits per heavy atom. The minimum Gasteiger partial charge on any atom is -0.465 e. The van der Waals surface area contributed by atoms with Crippen LogP contribution in [0.2, 0.25) is 0 Å². The first-order chi connectivity index (χ1) is 11.4. The number of hydrogen-bond donors (Lipinski definition) is 3. The Hall–Kier alpha value is -3.22. The van der Waals surface area contributed by atoms with Crippen LogP contribution in [-0.2, 0) is 13.1 Å². The number of imide groups is 1. The zero-order chi connectivity index (χ0) is 17.7. The van der Waals surface area contributed by atoms with Crippen LogP contribution in [-0.4, -0.2) is 34.3 Å². The van der Waals surface area contributed by atoms with Crippen LogP contribution < -0.4 is 10.6 Å². The van der Waals surface area contributed by atoms with Crippen molar-refractivity contribution in [3.63, 3.8) is 0 Å². The largest absolute Gasteiger partial charge is 0.465 e. The molecule has 24 heavy (non-hydrogen) atoms. The summed E-state index contributed by atoms with van der Waals surface area (Å²) in [6.45, 7) is 0.308. The first-order valence-electron chi connectivity index (χ1n) is 7.25. The number of benzene rings is 2. The fourth-order valence-electron chi connectivity index (χ4n) is 2.43. The van der Waals surface area contributed by atoms with Gasteiger partial charge in [0.15, 0.2) is 0 Å². The van der Waals surface area contributed by atoms with Crippen molar-refractivity contribution in [1.82, 2.24) is 4.90 Å². The molecule has 2 amide bonds. The first-order valence-corrected chi connectivity index (χ1v) is 7.25. The monoisotopic (exact) mass is 329 g/mol. The van der Waals surface area contributed by atoms with Gasteiger partial charge in [-0.15, -0.1) is 0 Å². The second-order valence-corrected chi connectivity index (χ2v) is 5.38. The molecule has 0 spiro atoms. The quantitative estimate of drug-likeness (QED) is 0.728. The number of amides is 2. The Kier molecular flexibility index (Phi) is 5.26. The fraction of sp³-hybridized carbons (Fsp3) is 0.176. The number of anilines is 2. The maximum atomic E-state index is 11.1. The lowest BCUT2D eigenvalue weighted by molar-refractivity contribution is 0.120. The van der Waals surface area contributed by atoms with Crippen LogP contribution in [0.3, 0.4) is 0 Å². The van der Waals surface area contributed by atoms with E-state index in [1.54, 1.807) is 18.2 Å². The highest BCUT2D eigenvalue weighted by atomic mass is 16.4. The summed E-state index contributed by atoms with van der Waals surface area (Å²) in [6.07, 6.45) is -3.05. The van der Waals surface area contributed by atoms with Crippen LogP contribution in [0.25, 0.3) is 0 Å². The average molecular weight is 329 g/mol. The third-order valence-electron chi connectivity index (χ3n) is 3.57. The molecule has 4 N–H and O–H groups in total. The van der Waals surface area contributed by atoms with Gasteiger partial charge >= 0.3 is 12.2 Å². The van der Waals surface area contributed by atoms with Gasteiger partial charge in [-0.3, -0.25) is 0 Å². The Bertz CT molecular complexity index is 720. The number of nitrogens with two attached hydrogens (primary N) is 1. The number of carbonyl (C=O) groups is 2. The molecule has 0 aliphatic rings. The molecule has 2 aromatic rings.